The zero-order chi connectivity index (χ0) is 11.9. The van der Waals surface area contributed by atoms with Crippen LogP contribution in [0.2, 0.25) is 0 Å². The predicted octanol–water partition coefficient (Wildman–Crippen LogP) is 4.18. The van der Waals surface area contributed by atoms with Crippen LogP contribution < -0.4 is 0 Å². The summed E-state index contributed by atoms with van der Waals surface area (Å²) in [5.74, 6) is 0.855. The minimum absolute atomic E-state index is 0.499. The van der Waals surface area contributed by atoms with Crippen LogP contribution in [0.15, 0.2) is 0 Å². The fourth-order valence-corrected chi connectivity index (χ4v) is 1.76. The van der Waals surface area contributed by atoms with E-state index < -0.39 is 0 Å². The van der Waals surface area contributed by atoms with Crippen LogP contribution in [0.1, 0.15) is 60.3 Å². The van der Waals surface area contributed by atoms with Gasteiger partial charge in [0.2, 0.25) is 0 Å². The van der Waals surface area contributed by atoms with Gasteiger partial charge >= 0.3 is 0 Å². The van der Waals surface area contributed by atoms with Gasteiger partial charge in [-0.15, -0.1) is 0 Å². The van der Waals surface area contributed by atoms with E-state index in [9.17, 15) is 0 Å². The third-order valence-corrected chi connectivity index (χ3v) is 2.79. The largest absolute Gasteiger partial charge is 0.306 e. The summed E-state index contributed by atoms with van der Waals surface area (Å²) in [4.78, 5) is 2.48. The summed E-state index contributed by atoms with van der Waals surface area (Å²) in [6, 6.07) is 0. The molecular formula is C14H31N. The highest BCUT2D eigenvalue weighted by molar-refractivity contribution is 4.63. The van der Waals surface area contributed by atoms with Gasteiger partial charge in [-0.1, -0.05) is 34.6 Å². The maximum absolute atomic E-state index is 2.48. The number of hydrogen-bond donors (Lipinski definition) is 0. The average Bonchev–Trinajstić information content (AvgIpc) is 2.00. The van der Waals surface area contributed by atoms with Crippen molar-refractivity contribution in [2.24, 2.45) is 11.3 Å². The third-order valence-electron chi connectivity index (χ3n) is 2.79. The number of rotatable bonds is 7. The van der Waals surface area contributed by atoms with Gasteiger partial charge in [-0.05, 0) is 57.2 Å². The molecule has 0 fully saturated rings. The number of nitrogens with zero attached hydrogens (tertiary/aromatic N) is 1. The van der Waals surface area contributed by atoms with Gasteiger partial charge < -0.3 is 4.90 Å². The van der Waals surface area contributed by atoms with Crippen molar-refractivity contribution >= 4 is 0 Å². The van der Waals surface area contributed by atoms with Crippen molar-refractivity contribution in [3.63, 3.8) is 0 Å². The topological polar surface area (TPSA) is 3.24 Å². The monoisotopic (exact) mass is 213 g/mol. The molecule has 0 heterocycles. The predicted molar refractivity (Wildman–Crippen MR) is 70.3 cm³/mol. The Kier molecular flexibility index (Phi) is 7.25. The Morgan fingerprint density at radius 2 is 1.53 bits per heavy atom. The van der Waals surface area contributed by atoms with Gasteiger partial charge in [0.1, 0.15) is 0 Å². The molecule has 0 atom stereocenters. The van der Waals surface area contributed by atoms with Crippen LogP contribution in [-0.4, -0.2) is 25.0 Å². The molecule has 0 spiro atoms. The van der Waals surface area contributed by atoms with Crippen LogP contribution in [0.3, 0.4) is 0 Å². The molecule has 1 heteroatoms. The van der Waals surface area contributed by atoms with Crippen LogP contribution >= 0.6 is 0 Å². The Labute approximate surface area is 97.2 Å². The quantitative estimate of drug-likeness (QED) is 0.613. The van der Waals surface area contributed by atoms with E-state index in [-0.39, 0.29) is 0 Å². The molecule has 0 bridgehead atoms. The van der Waals surface area contributed by atoms with Crippen molar-refractivity contribution in [3.05, 3.63) is 0 Å². The lowest BCUT2D eigenvalue weighted by atomic mass is 9.90. The van der Waals surface area contributed by atoms with E-state index in [0.717, 1.165) is 5.92 Å². The second-order valence-corrected chi connectivity index (χ2v) is 6.50. The lowest BCUT2D eigenvalue weighted by Crippen LogP contribution is -2.22. The van der Waals surface area contributed by atoms with Gasteiger partial charge in [0.25, 0.3) is 0 Å². The van der Waals surface area contributed by atoms with Crippen molar-refractivity contribution in [1.82, 2.24) is 4.90 Å². The highest BCUT2D eigenvalue weighted by Crippen LogP contribution is 2.20. The summed E-state index contributed by atoms with van der Waals surface area (Å²) in [5, 5.41) is 0. The summed E-state index contributed by atoms with van der Waals surface area (Å²) in [5.41, 5.74) is 0.499. The first-order chi connectivity index (χ1) is 6.81. The van der Waals surface area contributed by atoms with Gasteiger partial charge in [-0.25, -0.2) is 0 Å². The molecule has 0 N–H and O–H groups in total. The first kappa shape index (κ1) is 15.0. The van der Waals surface area contributed by atoms with E-state index in [1.165, 1.54) is 38.8 Å². The molecule has 0 rings (SSSR count). The molecule has 0 aliphatic rings. The maximum atomic E-state index is 2.48. The molecule has 15 heavy (non-hydrogen) atoms. The first-order valence-electron chi connectivity index (χ1n) is 6.50. The zero-order valence-electron chi connectivity index (χ0n) is 11.8. The molecule has 0 amide bonds. The minimum Gasteiger partial charge on any atom is -0.306 e. The molecule has 0 aromatic heterocycles. The molecular weight excluding hydrogens is 182 g/mol. The lowest BCUT2D eigenvalue weighted by Gasteiger charge is -2.21. The highest BCUT2D eigenvalue weighted by Gasteiger charge is 2.09. The normalized spacial score (nSPS) is 12.8. The van der Waals surface area contributed by atoms with Crippen molar-refractivity contribution in [2.75, 3.05) is 20.1 Å². The molecule has 1 nitrogen and oxygen atoms in total. The van der Waals surface area contributed by atoms with Crippen LogP contribution in [0.5, 0.6) is 0 Å². The first-order valence-corrected chi connectivity index (χ1v) is 6.50. The molecule has 0 radical (unpaired) electrons. The number of hydrogen-bond acceptors (Lipinski definition) is 1. The van der Waals surface area contributed by atoms with Gasteiger partial charge in [-0.2, -0.15) is 0 Å². The van der Waals surface area contributed by atoms with E-state index in [4.69, 9.17) is 0 Å². The van der Waals surface area contributed by atoms with E-state index in [2.05, 4.69) is 46.6 Å². The summed E-state index contributed by atoms with van der Waals surface area (Å²) in [6.45, 7) is 14.1. The Morgan fingerprint density at radius 1 is 1.00 bits per heavy atom. The fourth-order valence-electron chi connectivity index (χ4n) is 1.76. The van der Waals surface area contributed by atoms with Gasteiger partial charge in [0.05, 0.1) is 0 Å². The van der Waals surface area contributed by atoms with E-state index in [0.29, 0.717) is 5.41 Å². The highest BCUT2D eigenvalue weighted by atomic mass is 15.1. The molecule has 0 saturated carbocycles. The average molecular weight is 213 g/mol. The fraction of sp³-hybridized carbons (Fsp3) is 1.00. The minimum atomic E-state index is 0.499. The zero-order valence-corrected chi connectivity index (χ0v) is 11.8. The molecule has 0 aliphatic heterocycles. The molecule has 0 unspecified atom stereocenters. The maximum Gasteiger partial charge on any atom is -0.00216 e. The molecule has 0 aromatic rings. The molecule has 0 aromatic carbocycles. The Hall–Kier alpha value is -0.0400. The van der Waals surface area contributed by atoms with E-state index in [1.807, 2.05) is 0 Å². The Bertz CT molecular complexity index is 144. The Balaban J connectivity index is 3.37. The van der Waals surface area contributed by atoms with Crippen molar-refractivity contribution < 1.29 is 0 Å². The van der Waals surface area contributed by atoms with Gasteiger partial charge in [0, 0.05) is 0 Å². The SMILES string of the molecule is CC(C)CCCN(C)CCCC(C)(C)C. The summed E-state index contributed by atoms with van der Waals surface area (Å²) < 4.78 is 0. The molecule has 0 aliphatic carbocycles. The van der Waals surface area contributed by atoms with Crippen LogP contribution in [-0.2, 0) is 0 Å². The van der Waals surface area contributed by atoms with Crippen LogP contribution in [0.25, 0.3) is 0 Å². The third kappa shape index (κ3) is 11.9. The Morgan fingerprint density at radius 3 is 2.00 bits per heavy atom. The van der Waals surface area contributed by atoms with E-state index in [1.54, 1.807) is 0 Å². The molecule has 92 valence electrons. The second kappa shape index (κ2) is 7.27. The second-order valence-electron chi connectivity index (χ2n) is 6.50. The summed E-state index contributed by atoms with van der Waals surface area (Å²) in [7, 11) is 2.25. The van der Waals surface area contributed by atoms with Crippen LogP contribution in [0, 0.1) is 11.3 Å². The van der Waals surface area contributed by atoms with Gasteiger partial charge in [-0.3, -0.25) is 0 Å². The van der Waals surface area contributed by atoms with Gasteiger partial charge in [0.15, 0.2) is 0 Å². The van der Waals surface area contributed by atoms with Crippen molar-refractivity contribution in [2.45, 2.75) is 60.3 Å². The van der Waals surface area contributed by atoms with E-state index >= 15 is 0 Å². The smallest absolute Gasteiger partial charge is 0.00216 e. The molecule has 0 saturated heterocycles. The van der Waals surface area contributed by atoms with Crippen molar-refractivity contribution in [3.8, 4) is 0 Å². The van der Waals surface area contributed by atoms with Crippen molar-refractivity contribution in [1.29, 1.82) is 0 Å². The summed E-state index contributed by atoms with van der Waals surface area (Å²) in [6.07, 6.45) is 5.39. The van der Waals surface area contributed by atoms with Crippen LogP contribution in [0.4, 0.5) is 0 Å². The standard InChI is InChI=1S/C14H31N/c1-13(2)9-7-11-15(6)12-8-10-14(3,4)5/h13H,7-12H2,1-6H3. The lowest BCUT2D eigenvalue weighted by molar-refractivity contribution is 0.279. The summed E-state index contributed by atoms with van der Waals surface area (Å²) >= 11 is 0.